The van der Waals surface area contributed by atoms with Crippen LogP contribution in [0.5, 0.6) is 0 Å². The lowest BCUT2D eigenvalue weighted by Gasteiger charge is -2.31. The molecule has 1 fully saturated rings. The number of hydrogen-bond donors (Lipinski definition) is 1. The van der Waals surface area contributed by atoms with Crippen molar-refractivity contribution in [3.8, 4) is 0 Å². The maximum atomic E-state index is 12.8. The first-order chi connectivity index (χ1) is 13.4. The number of carbonyl (C=O) groups excluding carboxylic acids is 3. The molecule has 2 aromatic rings. The summed E-state index contributed by atoms with van der Waals surface area (Å²) in [6.45, 7) is 3.17. The van der Waals surface area contributed by atoms with Gasteiger partial charge in [-0.2, -0.15) is 5.10 Å². The number of carbonyl (C=O) groups is 3. The molecule has 3 rings (SSSR count). The van der Waals surface area contributed by atoms with Gasteiger partial charge in [-0.25, -0.2) is 4.79 Å². The molecule has 1 aliphatic rings. The second-order valence-electron chi connectivity index (χ2n) is 6.18. The summed E-state index contributed by atoms with van der Waals surface area (Å²) >= 11 is 5.92. The summed E-state index contributed by atoms with van der Waals surface area (Å²) in [7, 11) is 0. The highest BCUT2D eigenvalue weighted by Gasteiger charge is 2.60. The third-order valence-corrected chi connectivity index (χ3v) is 4.60. The van der Waals surface area contributed by atoms with E-state index < -0.39 is 23.2 Å². The molecule has 0 aromatic heterocycles. The molecule has 28 heavy (non-hydrogen) atoms. The Bertz CT molecular complexity index is 944. The molecule has 1 amide bonds. The number of amides is 1. The smallest absolute Gasteiger partial charge is 0.338 e. The molecule has 1 aliphatic heterocycles. The zero-order valence-electron chi connectivity index (χ0n) is 15.3. The van der Waals surface area contributed by atoms with Crippen molar-refractivity contribution in [3.63, 3.8) is 0 Å². The Hall–Kier alpha value is -3.19. The maximum absolute atomic E-state index is 12.8. The Morgan fingerprint density at radius 3 is 2.39 bits per heavy atom. The summed E-state index contributed by atoms with van der Waals surface area (Å²) in [5.41, 5.74) is 1.71. The second-order valence-corrected chi connectivity index (χ2v) is 6.61. The van der Waals surface area contributed by atoms with Crippen molar-refractivity contribution < 1.29 is 19.1 Å². The molecule has 144 valence electrons. The van der Waals surface area contributed by atoms with Crippen molar-refractivity contribution in [1.82, 2.24) is 0 Å². The van der Waals surface area contributed by atoms with E-state index in [1.165, 1.54) is 6.92 Å². The molecule has 0 bridgehead atoms. The van der Waals surface area contributed by atoms with Crippen LogP contribution in [0.3, 0.4) is 0 Å². The highest BCUT2D eigenvalue weighted by molar-refractivity contribution is 6.75. The number of rotatable bonds is 5. The van der Waals surface area contributed by atoms with Crippen LogP contribution in [-0.4, -0.2) is 35.5 Å². The van der Waals surface area contributed by atoms with Gasteiger partial charge < -0.3 is 4.74 Å². The Morgan fingerprint density at radius 2 is 1.79 bits per heavy atom. The van der Waals surface area contributed by atoms with Crippen LogP contribution >= 0.6 is 11.6 Å². The highest BCUT2D eigenvalue weighted by Crippen LogP contribution is 2.34. The quantitative estimate of drug-likeness (QED) is 0.474. The molecule has 1 unspecified atom stereocenters. The van der Waals surface area contributed by atoms with Crippen molar-refractivity contribution in [2.75, 3.05) is 16.9 Å². The van der Waals surface area contributed by atoms with E-state index in [9.17, 15) is 14.4 Å². The van der Waals surface area contributed by atoms with Crippen LogP contribution < -0.4 is 10.3 Å². The summed E-state index contributed by atoms with van der Waals surface area (Å²) in [5, 5.41) is 4.56. The topological polar surface area (TPSA) is 88.1 Å². The average molecular weight is 400 g/mol. The summed E-state index contributed by atoms with van der Waals surface area (Å²) in [6, 6.07) is 15.1. The van der Waals surface area contributed by atoms with Crippen molar-refractivity contribution in [3.05, 3.63) is 59.6 Å². The van der Waals surface area contributed by atoms with Crippen molar-refractivity contribution >= 4 is 46.3 Å². The number of nitrogens with one attached hydrogen (secondary N) is 1. The van der Waals surface area contributed by atoms with Crippen molar-refractivity contribution in [2.45, 2.75) is 19.4 Å². The van der Waals surface area contributed by atoms with E-state index in [-0.39, 0.29) is 12.3 Å². The van der Waals surface area contributed by atoms with Gasteiger partial charge in [-0.05, 0) is 50.2 Å². The number of halogens is 1. The van der Waals surface area contributed by atoms with Gasteiger partial charge in [0.05, 0.1) is 12.3 Å². The third-order valence-electron chi connectivity index (χ3n) is 4.35. The summed E-state index contributed by atoms with van der Waals surface area (Å²) < 4.78 is 5.16. The number of nitrogens with zero attached hydrogens (tertiary/aromatic N) is 2. The predicted molar refractivity (Wildman–Crippen MR) is 106 cm³/mol. The summed E-state index contributed by atoms with van der Waals surface area (Å²) in [5.74, 6) is -2.50. The minimum atomic E-state index is -1.72. The van der Waals surface area contributed by atoms with Crippen LogP contribution in [0.15, 0.2) is 59.7 Å². The van der Waals surface area contributed by atoms with Gasteiger partial charge in [0.15, 0.2) is 11.3 Å². The number of ketones is 1. The Morgan fingerprint density at radius 1 is 1.14 bits per heavy atom. The summed E-state index contributed by atoms with van der Waals surface area (Å²) in [6.07, 6.45) is 0. The summed E-state index contributed by atoms with van der Waals surface area (Å²) in [4.78, 5) is 39.4. The largest absolute Gasteiger partial charge is 0.464 e. The molecule has 0 saturated carbocycles. The zero-order chi connectivity index (χ0) is 20.3. The molecule has 7 nitrogen and oxygen atoms in total. The first-order valence-corrected chi connectivity index (χ1v) is 8.98. The third kappa shape index (κ3) is 3.36. The minimum Gasteiger partial charge on any atom is -0.464 e. The number of anilines is 2. The van der Waals surface area contributed by atoms with Gasteiger partial charge in [0.2, 0.25) is 0 Å². The monoisotopic (exact) mass is 399 g/mol. The molecule has 0 spiro atoms. The van der Waals surface area contributed by atoms with Gasteiger partial charge in [0.1, 0.15) is 0 Å². The van der Waals surface area contributed by atoms with Gasteiger partial charge in [-0.15, -0.1) is 0 Å². The molecule has 1 heterocycles. The van der Waals surface area contributed by atoms with Crippen molar-refractivity contribution in [1.29, 1.82) is 0 Å². The SMILES string of the molecule is CCOC(=O)C1(C)C(=NNc2ccccc2)C(=O)C(=O)N1c1ccc(Cl)cc1. The van der Waals surface area contributed by atoms with Gasteiger partial charge >= 0.3 is 11.9 Å². The Kier molecular flexibility index (Phi) is 5.46. The Labute approximate surface area is 166 Å². The van der Waals surface area contributed by atoms with E-state index in [0.29, 0.717) is 16.4 Å². The standard InChI is InChI=1S/C20H18ClN3O4/c1-3-28-19(27)20(2)17(23-22-14-7-5-4-6-8-14)16(25)18(26)24(20)15-11-9-13(21)10-12-15/h4-12,22H,3H2,1-2H3. The van der Waals surface area contributed by atoms with Crippen molar-refractivity contribution in [2.24, 2.45) is 5.10 Å². The fourth-order valence-electron chi connectivity index (χ4n) is 2.95. The fourth-order valence-corrected chi connectivity index (χ4v) is 3.08. The normalized spacial score (nSPS) is 20.5. The predicted octanol–water partition coefficient (Wildman–Crippen LogP) is 3.05. The number of esters is 1. The van der Waals surface area contributed by atoms with Crippen LogP contribution in [0.1, 0.15) is 13.8 Å². The lowest BCUT2D eigenvalue weighted by Crippen LogP contribution is -2.55. The molecule has 0 aliphatic carbocycles. The molecule has 2 aromatic carbocycles. The average Bonchev–Trinajstić information content (AvgIpc) is 2.89. The number of hydrazone groups is 1. The van der Waals surface area contributed by atoms with Gasteiger partial charge in [-0.1, -0.05) is 29.8 Å². The minimum absolute atomic E-state index is 0.0880. The number of ether oxygens (including phenoxy) is 1. The Balaban J connectivity index is 2.09. The number of Topliss-reactive ketones (excluding diaryl/α,β-unsaturated/α-hetero) is 1. The van der Waals surface area contributed by atoms with E-state index in [1.807, 2.05) is 6.07 Å². The van der Waals surface area contributed by atoms with E-state index in [0.717, 1.165) is 4.90 Å². The van der Waals surface area contributed by atoms with E-state index in [4.69, 9.17) is 16.3 Å². The number of hydrogen-bond acceptors (Lipinski definition) is 6. The molecular weight excluding hydrogens is 382 g/mol. The number of benzene rings is 2. The second kappa shape index (κ2) is 7.82. The lowest BCUT2D eigenvalue weighted by atomic mass is 9.95. The zero-order valence-corrected chi connectivity index (χ0v) is 16.1. The molecule has 1 N–H and O–H groups in total. The van der Waals surface area contributed by atoms with Crippen LogP contribution in [-0.2, 0) is 19.1 Å². The molecule has 8 heteroatoms. The number of para-hydroxylation sites is 1. The van der Waals surface area contributed by atoms with Crippen LogP contribution in [0.4, 0.5) is 11.4 Å². The van der Waals surface area contributed by atoms with E-state index in [2.05, 4.69) is 10.5 Å². The molecule has 0 radical (unpaired) electrons. The van der Waals surface area contributed by atoms with E-state index in [1.54, 1.807) is 55.5 Å². The highest BCUT2D eigenvalue weighted by atomic mass is 35.5. The maximum Gasteiger partial charge on any atom is 0.338 e. The molecule has 1 saturated heterocycles. The molecule has 1 atom stereocenters. The fraction of sp³-hybridized carbons (Fsp3) is 0.200. The van der Waals surface area contributed by atoms with Crippen LogP contribution in [0.2, 0.25) is 5.02 Å². The first kappa shape index (κ1) is 19.6. The van der Waals surface area contributed by atoms with Crippen LogP contribution in [0.25, 0.3) is 0 Å². The first-order valence-electron chi connectivity index (χ1n) is 8.60. The lowest BCUT2D eigenvalue weighted by molar-refractivity contribution is -0.147. The van der Waals surface area contributed by atoms with Crippen LogP contribution in [0, 0.1) is 0 Å². The van der Waals surface area contributed by atoms with Gasteiger partial charge in [-0.3, -0.25) is 19.9 Å². The van der Waals surface area contributed by atoms with E-state index >= 15 is 0 Å². The van der Waals surface area contributed by atoms with Gasteiger partial charge in [0.25, 0.3) is 5.78 Å². The molecular formula is C20H18ClN3O4. The van der Waals surface area contributed by atoms with Gasteiger partial charge in [0, 0.05) is 10.7 Å².